The number of hydrogen-bond donors (Lipinski definition) is 1. The highest BCUT2D eigenvalue weighted by Gasteiger charge is 2.36. The van der Waals surface area contributed by atoms with Gasteiger partial charge in [0.2, 0.25) is 11.8 Å². The normalized spacial score (nSPS) is 18.8. The summed E-state index contributed by atoms with van der Waals surface area (Å²) in [6, 6.07) is 0. The van der Waals surface area contributed by atoms with E-state index >= 15 is 0 Å². The van der Waals surface area contributed by atoms with Gasteiger partial charge in [0.1, 0.15) is 6.54 Å². The topological polar surface area (TPSA) is 67.2 Å². The average molecular weight is 318 g/mol. The van der Waals surface area contributed by atoms with Crippen LogP contribution in [0, 0.1) is 5.92 Å². The molecule has 0 spiro atoms. The minimum absolute atomic E-state index is 0.0556. The fourth-order valence-corrected chi connectivity index (χ4v) is 2.29. The van der Waals surface area contributed by atoms with Crippen molar-refractivity contribution < 1.29 is 22.8 Å². The smallest absolute Gasteiger partial charge is 0.356 e. The van der Waals surface area contributed by atoms with Crippen molar-refractivity contribution in [2.24, 2.45) is 5.92 Å². The molecule has 2 heterocycles. The van der Waals surface area contributed by atoms with Gasteiger partial charge in [-0.25, -0.2) is 0 Å². The van der Waals surface area contributed by atoms with Crippen LogP contribution in [-0.2, 0) is 16.1 Å². The first-order valence-electron chi connectivity index (χ1n) is 6.97. The van der Waals surface area contributed by atoms with Gasteiger partial charge in [-0.3, -0.25) is 14.3 Å². The summed E-state index contributed by atoms with van der Waals surface area (Å²) in [6.07, 6.45) is -1.16. The molecule has 0 aromatic carbocycles. The number of amides is 2. The van der Waals surface area contributed by atoms with Crippen LogP contribution >= 0.6 is 0 Å². The van der Waals surface area contributed by atoms with E-state index in [0.29, 0.717) is 6.54 Å². The average Bonchev–Trinajstić information content (AvgIpc) is 3.00. The summed E-state index contributed by atoms with van der Waals surface area (Å²) in [5, 5.41) is 6.32. The lowest BCUT2D eigenvalue weighted by Crippen LogP contribution is -2.33. The van der Waals surface area contributed by atoms with Gasteiger partial charge in [-0.05, 0) is 6.42 Å². The van der Waals surface area contributed by atoms with Gasteiger partial charge < -0.3 is 10.2 Å². The number of aromatic nitrogens is 2. The van der Waals surface area contributed by atoms with Crippen molar-refractivity contribution in [3.05, 3.63) is 12.4 Å². The Labute approximate surface area is 125 Å². The van der Waals surface area contributed by atoms with Crippen LogP contribution in [0.3, 0.4) is 0 Å². The maximum Gasteiger partial charge on any atom is 0.408 e. The summed E-state index contributed by atoms with van der Waals surface area (Å²) in [5.74, 6) is -0.978. The van der Waals surface area contributed by atoms with Crippen molar-refractivity contribution in [3.63, 3.8) is 0 Å². The summed E-state index contributed by atoms with van der Waals surface area (Å²) in [4.78, 5) is 25.1. The maximum atomic E-state index is 12.3. The zero-order chi connectivity index (χ0) is 16.3. The molecule has 0 unspecified atom stereocenters. The lowest BCUT2D eigenvalue weighted by molar-refractivity contribution is -0.142. The Morgan fingerprint density at radius 1 is 1.50 bits per heavy atom. The van der Waals surface area contributed by atoms with E-state index in [0.717, 1.165) is 17.3 Å². The Morgan fingerprint density at radius 2 is 2.23 bits per heavy atom. The van der Waals surface area contributed by atoms with Gasteiger partial charge in [0.15, 0.2) is 0 Å². The number of halogens is 3. The minimum Gasteiger partial charge on any atom is -0.356 e. The van der Waals surface area contributed by atoms with Crippen LogP contribution in [0.4, 0.5) is 18.9 Å². The Kier molecular flexibility index (Phi) is 4.72. The number of carbonyl (C=O) groups excluding carboxylic acids is 2. The molecule has 1 atom stereocenters. The molecular formula is C13H17F3N4O2. The van der Waals surface area contributed by atoms with Crippen LogP contribution in [0.25, 0.3) is 0 Å². The predicted molar refractivity (Wildman–Crippen MR) is 72.0 cm³/mol. The van der Waals surface area contributed by atoms with E-state index in [2.05, 4.69) is 10.4 Å². The quantitative estimate of drug-likeness (QED) is 0.890. The third kappa shape index (κ3) is 3.99. The molecule has 22 heavy (non-hydrogen) atoms. The second-order valence-electron chi connectivity index (χ2n) is 5.21. The molecule has 1 N–H and O–H groups in total. The molecule has 0 aliphatic carbocycles. The van der Waals surface area contributed by atoms with Crippen LogP contribution < -0.4 is 10.2 Å². The van der Waals surface area contributed by atoms with Crippen molar-refractivity contribution in [2.75, 3.05) is 18.0 Å². The Bertz CT molecular complexity index is 556. The van der Waals surface area contributed by atoms with E-state index in [1.54, 1.807) is 0 Å². The monoisotopic (exact) mass is 318 g/mol. The molecule has 0 radical (unpaired) electrons. The molecule has 0 bridgehead atoms. The van der Waals surface area contributed by atoms with E-state index in [4.69, 9.17) is 0 Å². The number of alkyl halides is 3. The molecule has 1 aliphatic heterocycles. The summed E-state index contributed by atoms with van der Waals surface area (Å²) in [6.45, 7) is 1.40. The third-order valence-corrected chi connectivity index (χ3v) is 3.32. The number of anilines is 1. The zero-order valence-electron chi connectivity index (χ0n) is 12.1. The molecule has 0 saturated carbocycles. The summed E-state index contributed by atoms with van der Waals surface area (Å²) in [7, 11) is 0. The number of hydrogen-bond acceptors (Lipinski definition) is 3. The maximum absolute atomic E-state index is 12.3. The molecule has 2 amide bonds. The molecule has 1 saturated heterocycles. The van der Waals surface area contributed by atoms with Crippen molar-refractivity contribution >= 4 is 17.5 Å². The number of nitrogens with one attached hydrogen (secondary N) is 1. The fourth-order valence-electron chi connectivity index (χ4n) is 2.29. The van der Waals surface area contributed by atoms with Crippen LogP contribution in [0.15, 0.2) is 12.4 Å². The number of nitrogens with zero attached hydrogens (tertiary/aromatic N) is 3. The zero-order valence-corrected chi connectivity index (χ0v) is 12.1. The van der Waals surface area contributed by atoms with E-state index < -0.39 is 18.6 Å². The van der Waals surface area contributed by atoms with E-state index in [-0.39, 0.29) is 30.5 Å². The summed E-state index contributed by atoms with van der Waals surface area (Å²) in [5.41, 5.74) is 0.278. The Balaban J connectivity index is 2.01. The van der Waals surface area contributed by atoms with E-state index in [9.17, 15) is 22.8 Å². The molecule has 2 rings (SSSR count). The fraction of sp³-hybridized carbons (Fsp3) is 0.615. The van der Waals surface area contributed by atoms with E-state index in [1.807, 2.05) is 6.92 Å². The van der Waals surface area contributed by atoms with Crippen LogP contribution in [0.5, 0.6) is 0 Å². The van der Waals surface area contributed by atoms with Gasteiger partial charge in [-0.1, -0.05) is 6.92 Å². The standard InChI is InChI=1S/C13H17F3N4O2/c1-2-3-17-12(22)9-4-11(21)20(6-9)10-5-18-19(7-10)8-13(14,15)16/h5,7,9H,2-4,6,8H2,1H3,(H,17,22)/t9-/m1/s1. The van der Waals surface area contributed by atoms with Crippen molar-refractivity contribution in [2.45, 2.75) is 32.5 Å². The highest BCUT2D eigenvalue weighted by Crippen LogP contribution is 2.26. The third-order valence-electron chi connectivity index (χ3n) is 3.32. The van der Waals surface area contributed by atoms with Gasteiger partial charge in [0.25, 0.3) is 0 Å². The lowest BCUT2D eigenvalue weighted by Gasteiger charge is -2.14. The lowest BCUT2D eigenvalue weighted by atomic mass is 10.1. The highest BCUT2D eigenvalue weighted by molar-refractivity contribution is 6.00. The molecule has 9 heteroatoms. The highest BCUT2D eigenvalue weighted by atomic mass is 19.4. The second-order valence-corrected chi connectivity index (χ2v) is 5.21. The Hall–Kier alpha value is -2.06. The van der Waals surface area contributed by atoms with E-state index in [1.165, 1.54) is 11.1 Å². The molecule has 1 aliphatic rings. The SMILES string of the molecule is CCCNC(=O)[C@@H]1CC(=O)N(c2cnn(CC(F)(F)F)c2)C1. The summed E-state index contributed by atoms with van der Waals surface area (Å²) < 4.78 is 37.6. The molecular weight excluding hydrogens is 301 g/mol. The molecule has 6 nitrogen and oxygen atoms in total. The van der Waals surface area contributed by atoms with Gasteiger partial charge in [0.05, 0.1) is 17.8 Å². The Morgan fingerprint density at radius 3 is 2.86 bits per heavy atom. The first-order valence-corrected chi connectivity index (χ1v) is 6.97. The number of carbonyl (C=O) groups is 2. The van der Waals surface area contributed by atoms with Gasteiger partial charge in [0, 0.05) is 25.7 Å². The van der Waals surface area contributed by atoms with Crippen LogP contribution in [0.1, 0.15) is 19.8 Å². The van der Waals surface area contributed by atoms with Crippen LogP contribution in [-0.4, -0.2) is 40.9 Å². The molecule has 1 aromatic heterocycles. The minimum atomic E-state index is -4.37. The van der Waals surface area contributed by atoms with Crippen molar-refractivity contribution in [3.8, 4) is 0 Å². The van der Waals surface area contributed by atoms with Crippen molar-refractivity contribution in [1.29, 1.82) is 0 Å². The van der Waals surface area contributed by atoms with Crippen LogP contribution in [0.2, 0.25) is 0 Å². The largest absolute Gasteiger partial charge is 0.408 e. The molecule has 122 valence electrons. The first kappa shape index (κ1) is 16.3. The van der Waals surface area contributed by atoms with Gasteiger partial charge in [-0.2, -0.15) is 18.3 Å². The molecule has 1 aromatic rings. The number of rotatable bonds is 5. The molecule has 1 fully saturated rings. The summed E-state index contributed by atoms with van der Waals surface area (Å²) >= 11 is 0. The second kappa shape index (κ2) is 6.37. The van der Waals surface area contributed by atoms with Gasteiger partial charge in [-0.15, -0.1) is 0 Å². The van der Waals surface area contributed by atoms with Crippen molar-refractivity contribution in [1.82, 2.24) is 15.1 Å². The van der Waals surface area contributed by atoms with Gasteiger partial charge >= 0.3 is 6.18 Å². The predicted octanol–water partition coefficient (Wildman–Crippen LogP) is 1.32. The first-order chi connectivity index (χ1) is 10.3.